The third-order valence-electron chi connectivity index (χ3n) is 4.65. The Bertz CT molecular complexity index is 1510. The van der Waals surface area contributed by atoms with Crippen molar-refractivity contribution in [1.82, 2.24) is 19.7 Å². The molecule has 0 aliphatic rings. The summed E-state index contributed by atoms with van der Waals surface area (Å²) in [6, 6.07) is 9.26. The second kappa shape index (κ2) is 11.1. The number of nitrogens with one attached hydrogen (secondary N) is 4. The summed E-state index contributed by atoms with van der Waals surface area (Å²) in [5.74, 6) is -3.57. The smallest absolute Gasteiger partial charge is 0.305 e. The summed E-state index contributed by atoms with van der Waals surface area (Å²) in [7, 11) is -4.60. The van der Waals surface area contributed by atoms with Crippen molar-refractivity contribution in [2.75, 3.05) is 16.4 Å². The van der Waals surface area contributed by atoms with Crippen LogP contribution in [0.2, 0.25) is 0 Å². The third-order valence-corrected chi connectivity index (χ3v) is 6.05. The summed E-state index contributed by atoms with van der Waals surface area (Å²) in [4.78, 5) is 35.6. The molecule has 1 amide bonds. The number of pyridine rings is 1. The number of hydrogen-bond donors (Lipinski definition) is 7. The number of guanidine groups is 1. The lowest BCUT2D eigenvalue weighted by molar-refractivity contribution is -0.137. The first-order valence-electron chi connectivity index (χ1n) is 10.2. The number of hydrogen-bond acceptors (Lipinski definition) is 10. The van der Waals surface area contributed by atoms with Crippen molar-refractivity contribution in [2.45, 2.75) is 17.5 Å². The van der Waals surface area contributed by atoms with Crippen LogP contribution in [0, 0.1) is 16.7 Å². The summed E-state index contributed by atoms with van der Waals surface area (Å²) in [6.45, 7) is 0. The highest BCUT2D eigenvalue weighted by Crippen LogP contribution is 2.24. The van der Waals surface area contributed by atoms with E-state index in [0.29, 0.717) is 5.69 Å². The number of rotatable bonds is 9. The van der Waals surface area contributed by atoms with Gasteiger partial charge in [-0.1, -0.05) is 12.1 Å². The molecule has 1 atom stereocenters. The van der Waals surface area contributed by atoms with Crippen molar-refractivity contribution in [2.24, 2.45) is 5.73 Å². The number of nitriles is 1. The van der Waals surface area contributed by atoms with Crippen LogP contribution in [0.4, 0.5) is 17.3 Å². The summed E-state index contributed by atoms with van der Waals surface area (Å²) in [6.07, 6.45) is 2.11. The molecule has 0 saturated heterocycles. The summed E-state index contributed by atoms with van der Waals surface area (Å²) in [5.41, 5.74) is 11.2. The third kappa shape index (κ3) is 6.72. The van der Waals surface area contributed by atoms with E-state index in [1.807, 2.05) is 0 Å². The van der Waals surface area contributed by atoms with Crippen LogP contribution in [0.3, 0.4) is 0 Å². The monoisotopic (exact) mass is 524 g/mol. The van der Waals surface area contributed by atoms with Crippen LogP contribution in [-0.4, -0.2) is 46.3 Å². The lowest BCUT2D eigenvalue weighted by Crippen LogP contribution is -2.32. The number of nitrogens with zero attached hydrogens (tertiary/aromatic N) is 4. The minimum Gasteiger partial charge on any atom is -0.481 e. The zero-order chi connectivity index (χ0) is 27.2. The Kier molecular flexibility index (Phi) is 7.92. The van der Waals surface area contributed by atoms with Crippen molar-refractivity contribution < 1.29 is 23.1 Å². The van der Waals surface area contributed by atoms with Crippen LogP contribution < -0.4 is 26.8 Å². The highest BCUT2D eigenvalue weighted by Gasteiger charge is 2.29. The fourth-order valence-corrected chi connectivity index (χ4v) is 4.33. The highest BCUT2D eigenvalue weighted by molar-refractivity contribution is 7.89. The number of carboxylic acids is 1. The van der Waals surface area contributed by atoms with Gasteiger partial charge in [-0.3, -0.25) is 20.0 Å². The number of nitrogen functional groups attached to an aromatic ring is 1. The van der Waals surface area contributed by atoms with Gasteiger partial charge in [0.05, 0.1) is 12.5 Å². The zero-order valence-electron chi connectivity index (χ0n) is 18.8. The van der Waals surface area contributed by atoms with Gasteiger partial charge in [-0.25, -0.2) is 23.1 Å². The number of amides is 1. The standard InChI is InChI=1S/C21H20N10O5S/c22-9-15-18(29-19(34)11-3-1-5-13(7-11)27-21(24)25)30-20(17(23)28-15)37(35,36)31-14(8-16(32)33)12-4-2-6-26-10-12/h1-7,10,14,31H,8H2,(H2,23,28)(H,32,33)(H4,24,25,27)(H,29,30,34). The van der Waals surface area contributed by atoms with Crippen molar-refractivity contribution >= 4 is 45.2 Å². The minimum absolute atomic E-state index is 0.0643. The summed E-state index contributed by atoms with van der Waals surface area (Å²) < 4.78 is 28.5. The maximum Gasteiger partial charge on any atom is 0.305 e. The van der Waals surface area contributed by atoms with Gasteiger partial charge in [0.25, 0.3) is 15.9 Å². The normalized spacial score (nSPS) is 11.6. The average molecular weight is 525 g/mol. The second-order valence-electron chi connectivity index (χ2n) is 7.35. The van der Waals surface area contributed by atoms with Crippen LogP contribution >= 0.6 is 0 Å². The SMILES string of the molecule is N#Cc1nc(N)c(S(=O)(=O)NC(CC(=O)O)c2cccnc2)nc1NC(=O)c1cccc(NC(=N)N)c1. The maximum atomic E-state index is 13.1. The van der Waals surface area contributed by atoms with Gasteiger partial charge in [-0.15, -0.1) is 0 Å². The Hall–Kier alpha value is -5.14. The van der Waals surface area contributed by atoms with Crippen LogP contribution in [-0.2, 0) is 14.8 Å². The fraction of sp³-hybridized carbons (Fsp3) is 0.0952. The van der Waals surface area contributed by atoms with Crippen molar-refractivity contribution in [1.29, 1.82) is 10.7 Å². The molecule has 15 nitrogen and oxygen atoms in total. The molecule has 16 heteroatoms. The molecule has 0 bridgehead atoms. The van der Waals surface area contributed by atoms with Crippen LogP contribution in [0.1, 0.15) is 34.1 Å². The van der Waals surface area contributed by atoms with Gasteiger partial charge in [-0.05, 0) is 29.8 Å². The minimum atomic E-state index is -4.60. The van der Waals surface area contributed by atoms with Gasteiger partial charge in [0, 0.05) is 23.6 Å². The topological polar surface area (TPSA) is 263 Å². The van der Waals surface area contributed by atoms with E-state index in [4.69, 9.17) is 16.9 Å². The van der Waals surface area contributed by atoms with Crippen LogP contribution in [0.15, 0.2) is 53.8 Å². The number of anilines is 3. The van der Waals surface area contributed by atoms with Gasteiger partial charge in [-0.2, -0.15) is 5.26 Å². The first kappa shape index (κ1) is 26.5. The number of carbonyl (C=O) groups is 2. The van der Waals surface area contributed by atoms with Gasteiger partial charge in [0.1, 0.15) is 6.07 Å². The van der Waals surface area contributed by atoms with Crippen LogP contribution in [0.5, 0.6) is 0 Å². The molecule has 0 spiro atoms. The molecule has 1 unspecified atom stereocenters. The molecular weight excluding hydrogens is 504 g/mol. The molecule has 0 fully saturated rings. The van der Waals surface area contributed by atoms with Gasteiger partial charge < -0.3 is 27.2 Å². The lowest BCUT2D eigenvalue weighted by Gasteiger charge is -2.18. The molecule has 2 aromatic heterocycles. The number of benzene rings is 1. The Labute approximate surface area is 210 Å². The Morgan fingerprint density at radius 2 is 1.95 bits per heavy atom. The molecular formula is C21H20N10O5S. The predicted octanol–water partition coefficient (Wildman–Crippen LogP) is 0.377. The van der Waals surface area contributed by atoms with Crippen molar-refractivity contribution in [3.8, 4) is 6.07 Å². The maximum absolute atomic E-state index is 13.1. The number of carbonyl (C=O) groups excluding carboxylic acids is 1. The van der Waals surface area contributed by atoms with Gasteiger partial charge >= 0.3 is 5.97 Å². The molecule has 190 valence electrons. The number of carboxylic acid groups (broad SMARTS) is 1. The molecule has 9 N–H and O–H groups in total. The van der Waals surface area contributed by atoms with E-state index in [-0.39, 0.29) is 17.1 Å². The zero-order valence-corrected chi connectivity index (χ0v) is 19.7. The Morgan fingerprint density at radius 3 is 2.57 bits per heavy atom. The number of aromatic nitrogens is 3. The van der Waals surface area contributed by atoms with E-state index in [1.165, 1.54) is 42.7 Å². The molecule has 37 heavy (non-hydrogen) atoms. The molecule has 3 aromatic rings. The van der Waals surface area contributed by atoms with Gasteiger partial charge in [0.15, 0.2) is 23.3 Å². The fourth-order valence-electron chi connectivity index (χ4n) is 3.10. The van der Waals surface area contributed by atoms with E-state index >= 15 is 0 Å². The molecule has 0 aliphatic heterocycles. The van der Waals surface area contributed by atoms with Crippen molar-refractivity contribution in [3.05, 3.63) is 65.6 Å². The molecule has 0 radical (unpaired) electrons. The number of nitrogens with two attached hydrogens (primary N) is 2. The van der Waals surface area contributed by atoms with Crippen LogP contribution in [0.25, 0.3) is 0 Å². The summed E-state index contributed by atoms with van der Waals surface area (Å²) in [5, 5.41) is 29.9. The van der Waals surface area contributed by atoms with Crippen molar-refractivity contribution in [3.63, 3.8) is 0 Å². The van der Waals surface area contributed by atoms with Gasteiger partial charge in [0.2, 0.25) is 5.03 Å². The van der Waals surface area contributed by atoms with E-state index in [0.717, 1.165) is 0 Å². The van der Waals surface area contributed by atoms with E-state index in [2.05, 4.69) is 30.3 Å². The lowest BCUT2D eigenvalue weighted by atomic mass is 10.1. The Morgan fingerprint density at radius 1 is 1.19 bits per heavy atom. The average Bonchev–Trinajstić information content (AvgIpc) is 2.84. The second-order valence-corrected chi connectivity index (χ2v) is 8.98. The largest absolute Gasteiger partial charge is 0.481 e. The quantitative estimate of drug-likeness (QED) is 0.148. The molecule has 3 rings (SSSR count). The Balaban J connectivity index is 1.96. The van der Waals surface area contributed by atoms with E-state index in [9.17, 15) is 28.4 Å². The molecule has 0 aliphatic carbocycles. The number of aliphatic carboxylic acids is 1. The predicted molar refractivity (Wildman–Crippen MR) is 131 cm³/mol. The molecule has 0 saturated carbocycles. The molecule has 2 heterocycles. The molecule has 1 aromatic carbocycles. The van der Waals surface area contributed by atoms with E-state index < -0.39 is 56.7 Å². The first-order chi connectivity index (χ1) is 17.5. The van der Waals surface area contributed by atoms with E-state index in [1.54, 1.807) is 12.1 Å². The number of sulfonamides is 1. The summed E-state index contributed by atoms with van der Waals surface area (Å²) >= 11 is 0. The first-order valence-corrected chi connectivity index (χ1v) is 11.7. The highest BCUT2D eigenvalue weighted by atomic mass is 32.2.